The Balaban J connectivity index is 1.86. The second-order valence-electron chi connectivity index (χ2n) is 5.80. The molecule has 2 unspecified atom stereocenters. The van der Waals surface area contributed by atoms with Crippen LogP contribution in [0.25, 0.3) is 10.9 Å². The van der Waals surface area contributed by atoms with Gasteiger partial charge in [-0.3, -0.25) is 4.79 Å². The van der Waals surface area contributed by atoms with Gasteiger partial charge in [0.1, 0.15) is 0 Å². The zero-order chi connectivity index (χ0) is 14.1. The van der Waals surface area contributed by atoms with E-state index in [1.165, 1.54) is 0 Å². The summed E-state index contributed by atoms with van der Waals surface area (Å²) in [6.45, 7) is 3.58. The zero-order valence-electron chi connectivity index (χ0n) is 11.8. The number of carbonyl (C=O) groups excluding carboxylic acids is 1. The second kappa shape index (κ2) is 5.29. The number of likely N-dealkylation sites (tertiary alicyclic amines) is 1. The molecule has 0 saturated carbocycles. The minimum Gasteiger partial charge on any atom is -0.361 e. The van der Waals surface area contributed by atoms with Gasteiger partial charge in [-0.2, -0.15) is 0 Å². The summed E-state index contributed by atoms with van der Waals surface area (Å²) in [6, 6.07) is 8.01. The van der Waals surface area contributed by atoms with Crippen LogP contribution in [0.5, 0.6) is 0 Å². The number of aromatic amines is 1. The van der Waals surface area contributed by atoms with Gasteiger partial charge >= 0.3 is 0 Å². The van der Waals surface area contributed by atoms with E-state index in [4.69, 9.17) is 5.73 Å². The number of benzene rings is 1. The largest absolute Gasteiger partial charge is 0.361 e. The Morgan fingerprint density at radius 2 is 2.30 bits per heavy atom. The number of fused-ring (bicyclic) bond motifs is 1. The van der Waals surface area contributed by atoms with Crippen LogP contribution in [0.4, 0.5) is 0 Å². The van der Waals surface area contributed by atoms with Gasteiger partial charge in [-0.05, 0) is 42.3 Å². The standard InChI is InChI=1S/C16H21N3O/c1-11-5-7-19(14(8-11)10-17)16(20)13-3-2-12-4-6-18-15(12)9-13/h2-4,6,9,11,14,18H,5,7-8,10,17H2,1H3. The Morgan fingerprint density at radius 1 is 1.45 bits per heavy atom. The van der Waals surface area contributed by atoms with Gasteiger partial charge in [0, 0.05) is 36.4 Å². The Morgan fingerprint density at radius 3 is 3.10 bits per heavy atom. The summed E-state index contributed by atoms with van der Waals surface area (Å²) in [5.74, 6) is 0.752. The van der Waals surface area contributed by atoms with Crippen LogP contribution < -0.4 is 5.73 Å². The highest BCUT2D eigenvalue weighted by atomic mass is 16.2. The molecule has 1 aromatic heterocycles. The number of nitrogens with one attached hydrogen (secondary N) is 1. The van der Waals surface area contributed by atoms with E-state index in [0.717, 1.165) is 35.9 Å². The van der Waals surface area contributed by atoms with Crippen molar-refractivity contribution in [2.75, 3.05) is 13.1 Å². The molecule has 1 fully saturated rings. The highest BCUT2D eigenvalue weighted by molar-refractivity contribution is 5.98. The molecule has 1 aromatic carbocycles. The molecule has 1 aliphatic rings. The number of nitrogens with zero attached hydrogens (tertiary/aromatic N) is 1. The molecule has 4 heteroatoms. The summed E-state index contributed by atoms with van der Waals surface area (Å²) < 4.78 is 0. The molecule has 0 aliphatic carbocycles. The van der Waals surface area contributed by atoms with Gasteiger partial charge in [0.25, 0.3) is 5.91 Å². The first-order valence-electron chi connectivity index (χ1n) is 7.27. The van der Waals surface area contributed by atoms with Crippen molar-refractivity contribution in [3.63, 3.8) is 0 Å². The van der Waals surface area contributed by atoms with E-state index in [2.05, 4.69) is 11.9 Å². The number of hydrogen-bond acceptors (Lipinski definition) is 2. The fourth-order valence-electron chi connectivity index (χ4n) is 3.09. The average Bonchev–Trinajstić information content (AvgIpc) is 2.93. The normalized spacial score (nSPS) is 23.2. The minimum absolute atomic E-state index is 0.101. The topological polar surface area (TPSA) is 62.1 Å². The molecule has 0 bridgehead atoms. The van der Waals surface area contributed by atoms with Crippen molar-refractivity contribution in [1.29, 1.82) is 0 Å². The highest BCUT2D eigenvalue weighted by Gasteiger charge is 2.29. The molecule has 2 aromatic rings. The molecule has 20 heavy (non-hydrogen) atoms. The molecule has 0 spiro atoms. The van der Waals surface area contributed by atoms with Crippen LogP contribution in [0.1, 0.15) is 30.1 Å². The van der Waals surface area contributed by atoms with Crippen LogP contribution >= 0.6 is 0 Å². The van der Waals surface area contributed by atoms with Gasteiger partial charge in [0.15, 0.2) is 0 Å². The quantitative estimate of drug-likeness (QED) is 0.881. The van der Waals surface area contributed by atoms with Crippen molar-refractivity contribution in [3.05, 3.63) is 36.0 Å². The minimum atomic E-state index is 0.101. The van der Waals surface area contributed by atoms with Crippen LogP contribution in [0, 0.1) is 5.92 Å². The number of H-pyrrole nitrogens is 1. The summed E-state index contributed by atoms with van der Waals surface area (Å²) in [5.41, 5.74) is 7.59. The molecule has 2 atom stereocenters. The SMILES string of the molecule is CC1CCN(C(=O)c2ccc3cc[nH]c3c2)C(CN)C1. The molecular weight excluding hydrogens is 250 g/mol. The maximum atomic E-state index is 12.7. The van der Waals surface area contributed by atoms with E-state index < -0.39 is 0 Å². The number of piperidine rings is 1. The molecule has 106 valence electrons. The van der Waals surface area contributed by atoms with Crippen LogP contribution in [0.15, 0.2) is 30.5 Å². The molecule has 3 N–H and O–H groups in total. The van der Waals surface area contributed by atoms with Crippen molar-refractivity contribution >= 4 is 16.8 Å². The van der Waals surface area contributed by atoms with Crippen molar-refractivity contribution in [1.82, 2.24) is 9.88 Å². The van der Waals surface area contributed by atoms with Gasteiger partial charge in [-0.15, -0.1) is 0 Å². The molecule has 3 rings (SSSR count). The summed E-state index contributed by atoms with van der Waals surface area (Å²) >= 11 is 0. The number of rotatable bonds is 2. The molecule has 0 radical (unpaired) electrons. The number of aromatic nitrogens is 1. The first-order chi connectivity index (χ1) is 9.69. The third-order valence-electron chi connectivity index (χ3n) is 4.31. The molecule has 1 saturated heterocycles. The van der Waals surface area contributed by atoms with E-state index in [-0.39, 0.29) is 11.9 Å². The fourth-order valence-corrected chi connectivity index (χ4v) is 3.09. The van der Waals surface area contributed by atoms with Crippen LogP contribution in [0.2, 0.25) is 0 Å². The molecule has 4 nitrogen and oxygen atoms in total. The fraction of sp³-hybridized carbons (Fsp3) is 0.438. The van der Waals surface area contributed by atoms with E-state index >= 15 is 0 Å². The van der Waals surface area contributed by atoms with E-state index in [1.54, 1.807) is 0 Å². The Labute approximate surface area is 118 Å². The van der Waals surface area contributed by atoms with E-state index in [1.807, 2.05) is 35.4 Å². The molecule has 1 amide bonds. The molecular formula is C16H21N3O. The first kappa shape index (κ1) is 13.2. The number of carbonyl (C=O) groups is 1. The third-order valence-corrected chi connectivity index (χ3v) is 4.31. The van der Waals surface area contributed by atoms with E-state index in [9.17, 15) is 4.79 Å². The third kappa shape index (κ3) is 2.31. The van der Waals surface area contributed by atoms with Gasteiger partial charge in [-0.1, -0.05) is 13.0 Å². The van der Waals surface area contributed by atoms with Crippen molar-refractivity contribution in [2.24, 2.45) is 11.7 Å². The summed E-state index contributed by atoms with van der Waals surface area (Å²) in [4.78, 5) is 17.8. The smallest absolute Gasteiger partial charge is 0.254 e. The Kier molecular flexibility index (Phi) is 3.49. The monoisotopic (exact) mass is 271 g/mol. The first-order valence-corrected chi connectivity index (χ1v) is 7.27. The summed E-state index contributed by atoms with van der Waals surface area (Å²) in [7, 11) is 0. The molecule has 2 heterocycles. The number of nitrogens with two attached hydrogens (primary N) is 1. The lowest BCUT2D eigenvalue weighted by molar-refractivity contribution is 0.0574. The summed E-state index contributed by atoms with van der Waals surface area (Å²) in [6.07, 6.45) is 3.96. The van der Waals surface area contributed by atoms with Gasteiger partial charge in [0.05, 0.1) is 0 Å². The Hall–Kier alpha value is -1.81. The Bertz CT molecular complexity index is 619. The highest BCUT2D eigenvalue weighted by Crippen LogP contribution is 2.24. The predicted molar refractivity (Wildman–Crippen MR) is 80.6 cm³/mol. The zero-order valence-corrected chi connectivity index (χ0v) is 11.8. The van der Waals surface area contributed by atoms with Gasteiger partial charge in [0.2, 0.25) is 0 Å². The lowest BCUT2D eigenvalue weighted by atomic mass is 9.92. The van der Waals surface area contributed by atoms with Crippen LogP contribution in [-0.4, -0.2) is 34.9 Å². The molecule has 1 aliphatic heterocycles. The maximum Gasteiger partial charge on any atom is 0.254 e. The maximum absolute atomic E-state index is 12.7. The van der Waals surface area contributed by atoms with Crippen molar-refractivity contribution in [2.45, 2.75) is 25.8 Å². The van der Waals surface area contributed by atoms with Gasteiger partial charge in [-0.25, -0.2) is 0 Å². The summed E-state index contributed by atoms with van der Waals surface area (Å²) in [5, 5.41) is 1.13. The lowest BCUT2D eigenvalue weighted by Crippen LogP contribution is -2.49. The number of amides is 1. The van der Waals surface area contributed by atoms with Gasteiger partial charge < -0.3 is 15.6 Å². The second-order valence-corrected chi connectivity index (χ2v) is 5.80. The predicted octanol–water partition coefficient (Wildman–Crippen LogP) is 2.37. The van der Waals surface area contributed by atoms with Crippen molar-refractivity contribution in [3.8, 4) is 0 Å². The number of hydrogen-bond donors (Lipinski definition) is 2. The average molecular weight is 271 g/mol. The van der Waals surface area contributed by atoms with Crippen LogP contribution in [0.3, 0.4) is 0 Å². The van der Waals surface area contributed by atoms with Crippen LogP contribution in [-0.2, 0) is 0 Å². The van der Waals surface area contributed by atoms with E-state index in [0.29, 0.717) is 12.5 Å². The van der Waals surface area contributed by atoms with Crippen molar-refractivity contribution < 1.29 is 4.79 Å². The lowest BCUT2D eigenvalue weighted by Gasteiger charge is -2.38.